The highest BCUT2D eigenvalue weighted by atomic mass is 79.9. The lowest BCUT2D eigenvalue weighted by Gasteiger charge is -2.35. The van der Waals surface area contributed by atoms with Gasteiger partial charge in [0, 0.05) is 28.0 Å². The molecule has 134 valence electrons. The van der Waals surface area contributed by atoms with Crippen LogP contribution in [0.5, 0.6) is 0 Å². The Balaban J connectivity index is 1.46. The number of halogens is 1. The Morgan fingerprint density at radius 3 is 2.88 bits per heavy atom. The van der Waals surface area contributed by atoms with Crippen LogP contribution in [0.2, 0.25) is 0 Å². The Bertz CT molecular complexity index is 717. The van der Waals surface area contributed by atoms with Crippen molar-refractivity contribution in [3.63, 3.8) is 0 Å². The molecule has 25 heavy (non-hydrogen) atoms. The Hall–Kier alpha value is -1.40. The van der Waals surface area contributed by atoms with Crippen LogP contribution in [-0.4, -0.2) is 47.1 Å². The number of fused-ring (bicyclic) bond motifs is 2. The molecule has 0 saturated heterocycles. The molecule has 1 heterocycles. The van der Waals surface area contributed by atoms with Gasteiger partial charge in [-0.15, -0.1) is 0 Å². The van der Waals surface area contributed by atoms with Gasteiger partial charge in [-0.25, -0.2) is 0 Å². The minimum atomic E-state index is -0.323. The van der Waals surface area contributed by atoms with Crippen LogP contribution >= 0.6 is 15.9 Å². The van der Waals surface area contributed by atoms with Crippen LogP contribution in [-0.2, 0) is 10.2 Å². The summed E-state index contributed by atoms with van der Waals surface area (Å²) in [6.45, 7) is 0.721. The first-order valence-corrected chi connectivity index (χ1v) is 9.83. The topological polar surface area (TPSA) is 69.6 Å². The summed E-state index contributed by atoms with van der Waals surface area (Å²) in [4.78, 5) is 26.9. The molecule has 1 spiro atoms. The van der Waals surface area contributed by atoms with Crippen molar-refractivity contribution < 1.29 is 14.7 Å². The van der Waals surface area contributed by atoms with Crippen molar-refractivity contribution in [2.45, 2.75) is 56.1 Å². The van der Waals surface area contributed by atoms with Crippen LogP contribution in [0.3, 0.4) is 0 Å². The summed E-state index contributed by atoms with van der Waals surface area (Å²) in [5.41, 5.74) is 1.89. The van der Waals surface area contributed by atoms with Crippen molar-refractivity contribution in [2.75, 3.05) is 13.1 Å². The normalized spacial score (nSPS) is 27.1. The van der Waals surface area contributed by atoms with E-state index in [1.54, 1.807) is 4.90 Å². The molecule has 0 unspecified atom stereocenters. The van der Waals surface area contributed by atoms with Crippen LogP contribution in [0.15, 0.2) is 22.7 Å². The van der Waals surface area contributed by atoms with E-state index in [0.717, 1.165) is 47.7 Å². The Morgan fingerprint density at radius 2 is 2.16 bits per heavy atom. The zero-order valence-corrected chi connectivity index (χ0v) is 15.7. The third-order valence-electron chi connectivity index (χ3n) is 5.76. The molecule has 1 aromatic carbocycles. The number of hydrogen-bond acceptors (Lipinski definition) is 3. The fourth-order valence-electron chi connectivity index (χ4n) is 4.28. The Morgan fingerprint density at radius 1 is 1.36 bits per heavy atom. The van der Waals surface area contributed by atoms with Gasteiger partial charge >= 0.3 is 0 Å². The predicted molar refractivity (Wildman–Crippen MR) is 97.4 cm³/mol. The second-order valence-corrected chi connectivity index (χ2v) is 8.63. The van der Waals surface area contributed by atoms with E-state index in [4.69, 9.17) is 0 Å². The summed E-state index contributed by atoms with van der Waals surface area (Å²) in [7, 11) is 0. The van der Waals surface area contributed by atoms with Gasteiger partial charge in [0.1, 0.15) is 0 Å². The molecule has 2 fully saturated rings. The van der Waals surface area contributed by atoms with Crippen LogP contribution in [0.25, 0.3) is 0 Å². The summed E-state index contributed by atoms with van der Waals surface area (Å²) in [5.74, 6) is -0.178. The van der Waals surface area contributed by atoms with Crippen molar-refractivity contribution in [1.82, 2.24) is 10.2 Å². The molecular formula is C19H23BrN2O3. The fourth-order valence-corrected chi connectivity index (χ4v) is 4.64. The lowest BCUT2D eigenvalue weighted by atomic mass is 9.86. The van der Waals surface area contributed by atoms with Crippen LogP contribution < -0.4 is 5.32 Å². The summed E-state index contributed by atoms with van der Waals surface area (Å²) in [6, 6.07) is 5.83. The highest BCUT2D eigenvalue weighted by Gasteiger charge is 2.51. The third kappa shape index (κ3) is 3.34. The zero-order chi connectivity index (χ0) is 17.6. The van der Waals surface area contributed by atoms with Gasteiger partial charge in [-0.3, -0.25) is 9.59 Å². The molecule has 5 nitrogen and oxygen atoms in total. The van der Waals surface area contributed by atoms with E-state index in [1.807, 2.05) is 12.1 Å². The zero-order valence-electron chi connectivity index (χ0n) is 14.1. The van der Waals surface area contributed by atoms with Crippen molar-refractivity contribution in [3.05, 3.63) is 33.8 Å². The summed E-state index contributed by atoms with van der Waals surface area (Å²) in [6.07, 6.45) is 5.06. The van der Waals surface area contributed by atoms with Gasteiger partial charge in [0.15, 0.2) is 0 Å². The SMILES string of the molecule is O=C(CN1CC2(CC2)c2cc(Br)ccc2C1=O)N[C@H]1CCC[C@@H](O)C1. The van der Waals surface area contributed by atoms with Crippen molar-refractivity contribution in [3.8, 4) is 0 Å². The third-order valence-corrected chi connectivity index (χ3v) is 6.26. The number of nitrogens with one attached hydrogen (secondary N) is 1. The van der Waals surface area contributed by atoms with E-state index < -0.39 is 0 Å². The monoisotopic (exact) mass is 406 g/mol. The van der Waals surface area contributed by atoms with Gasteiger partial charge in [0.2, 0.25) is 5.91 Å². The molecule has 2 aliphatic carbocycles. The fraction of sp³-hybridized carbons (Fsp3) is 0.579. The van der Waals surface area contributed by atoms with Crippen LogP contribution in [0.1, 0.15) is 54.4 Å². The number of carbonyl (C=O) groups excluding carboxylic acids is 2. The number of aliphatic hydroxyl groups excluding tert-OH is 1. The molecule has 0 bridgehead atoms. The first kappa shape index (κ1) is 17.0. The second kappa shape index (κ2) is 6.40. The average Bonchev–Trinajstić information content (AvgIpc) is 3.33. The molecule has 1 aromatic rings. The van der Waals surface area contributed by atoms with E-state index in [-0.39, 0.29) is 35.9 Å². The smallest absolute Gasteiger partial charge is 0.254 e. The van der Waals surface area contributed by atoms with E-state index in [1.165, 1.54) is 0 Å². The minimum Gasteiger partial charge on any atom is -0.393 e. The maximum Gasteiger partial charge on any atom is 0.254 e. The van der Waals surface area contributed by atoms with E-state index in [2.05, 4.69) is 27.3 Å². The maximum atomic E-state index is 12.8. The molecule has 6 heteroatoms. The Kier molecular flexibility index (Phi) is 4.36. The maximum absolute atomic E-state index is 12.8. The lowest BCUT2D eigenvalue weighted by Crippen LogP contribution is -2.50. The van der Waals surface area contributed by atoms with Gasteiger partial charge in [-0.2, -0.15) is 0 Å². The van der Waals surface area contributed by atoms with Crippen molar-refractivity contribution >= 4 is 27.7 Å². The lowest BCUT2D eigenvalue weighted by molar-refractivity contribution is -0.123. The largest absolute Gasteiger partial charge is 0.393 e. The van der Waals surface area contributed by atoms with Crippen LogP contribution in [0, 0.1) is 0 Å². The van der Waals surface area contributed by atoms with E-state index in [0.29, 0.717) is 13.0 Å². The number of carbonyl (C=O) groups is 2. The standard InChI is InChI=1S/C19H23BrN2O3/c20-12-4-5-15-16(8-12)19(6-7-19)11-22(18(15)25)10-17(24)21-13-2-1-3-14(23)9-13/h4-5,8,13-14,23H,1-3,6-7,9-11H2,(H,21,24)/t13-,14+/m0/s1. The van der Waals surface area contributed by atoms with Gasteiger partial charge < -0.3 is 15.3 Å². The van der Waals surface area contributed by atoms with Gasteiger partial charge in [0.05, 0.1) is 12.6 Å². The van der Waals surface area contributed by atoms with Crippen LogP contribution in [0.4, 0.5) is 0 Å². The van der Waals surface area contributed by atoms with E-state index in [9.17, 15) is 14.7 Å². The molecule has 3 aliphatic rings. The molecular weight excluding hydrogens is 384 g/mol. The number of hydrogen-bond donors (Lipinski definition) is 2. The number of benzene rings is 1. The molecule has 4 rings (SSSR count). The molecule has 2 atom stereocenters. The number of aliphatic hydroxyl groups is 1. The first-order chi connectivity index (χ1) is 12.0. The summed E-state index contributed by atoms with van der Waals surface area (Å²) in [5, 5.41) is 12.7. The number of rotatable bonds is 3. The molecule has 2 N–H and O–H groups in total. The Labute approximate surface area is 155 Å². The van der Waals surface area contributed by atoms with Crippen molar-refractivity contribution in [1.29, 1.82) is 0 Å². The van der Waals surface area contributed by atoms with Crippen molar-refractivity contribution in [2.24, 2.45) is 0 Å². The predicted octanol–water partition coefficient (Wildman–Crippen LogP) is 2.36. The highest BCUT2D eigenvalue weighted by molar-refractivity contribution is 9.10. The quantitative estimate of drug-likeness (QED) is 0.809. The molecule has 1 aliphatic heterocycles. The average molecular weight is 407 g/mol. The molecule has 2 saturated carbocycles. The van der Waals surface area contributed by atoms with Gasteiger partial charge in [0.25, 0.3) is 5.91 Å². The number of amides is 2. The summed E-state index contributed by atoms with van der Waals surface area (Å²) >= 11 is 3.50. The van der Waals surface area contributed by atoms with Gasteiger partial charge in [-0.05, 0) is 62.3 Å². The number of nitrogens with zero attached hydrogens (tertiary/aromatic N) is 1. The van der Waals surface area contributed by atoms with E-state index >= 15 is 0 Å². The second-order valence-electron chi connectivity index (χ2n) is 7.72. The molecule has 0 aromatic heterocycles. The molecule has 0 radical (unpaired) electrons. The van der Waals surface area contributed by atoms with Gasteiger partial charge in [-0.1, -0.05) is 15.9 Å². The minimum absolute atomic E-state index is 0.0225. The first-order valence-electron chi connectivity index (χ1n) is 9.04. The summed E-state index contributed by atoms with van der Waals surface area (Å²) < 4.78 is 0.993. The molecule has 2 amide bonds. The highest BCUT2D eigenvalue weighted by Crippen LogP contribution is 2.52.